The molecule has 18 heavy (non-hydrogen) atoms. The lowest BCUT2D eigenvalue weighted by Gasteiger charge is -2.05. The molecule has 7 heteroatoms. The van der Waals surface area contributed by atoms with Crippen molar-refractivity contribution in [3.8, 4) is 6.07 Å². The van der Waals surface area contributed by atoms with Gasteiger partial charge >= 0.3 is 5.69 Å². The highest BCUT2D eigenvalue weighted by Gasteiger charge is 2.08. The second-order valence-electron chi connectivity index (χ2n) is 3.67. The molecule has 6 nitrogen and oxygen atoms in total. The first-order valence-electron chi connectivity index (χ1n) is 5.16. The number of aromatic amines is 1. The number of benzene rings is 1. The molecule has 1 aromatic carbocycles. The van der Waals surface area contributed by atoms with Crippen molar-refractivity contribution in [2.24, 2.45) is 7.05 Å². The summed E-state index contributed by atoms with van der Waals surface area (Å²) in [5, 5.41) is 15.5. The number of rotatable bonds is 3. The lowest BCUT2D eigenvalue weighted by atomic mass is 10.1. The summed E-state index contributed by atoms with van der Waals surface area (Å²) in [7, 11) is 1.64. The standard InChI is InChI=1S/C11H11N5OS/c1-16-10(17)14-15-11(16)18-8-2-3-9(13)7(6-8)4-5-12/h2-3,6H,4,13H2,1H3,(H,14,17). The summed E-state index contributed by atoms with van der Waals surface area (Å²) in [4.78, 5) is 12.1. The fourth-order valence-corrected chi connectivity index (χ4v) is 2.27. The molecule has 0 saturated carbocycles. The molecule has 1 aromatic heterocycles. The zero-order valence-corrected chi connectivity index (χ0v) is 10.5. The third-order valence-electron chi connectivity index (χ3n) is 2.43. The Labute approximate surface area is 107 Å². The first-order chi connectivity index (χ1) is 8.61. The van der Waals surface area contributed by atoms with E-state index < -0.39 is 0 Å². The minimum absolute atomic E-state index is 0.259. The highest BCUT2D eigenvalue weighted by Crippen LogP contribution is 2.27. The molecule has 0 spiro atoms. The Morgan fingerprint density at radius 2 is 2.39 bits per heavy atom. The van der Waals surface area contributed by atoms with Crippen LogP contribution >= 0.6 is 11.8 Å². The molecule has 92 valence electrons. The summed E-state index contributed by atoms with van der Waals surface area (Å²) in [6, 6.07) is 7.48. The number of nitrogens with one attached hydrogen (secondary N) is 1. The summed E-state index contributed by atoms with van der Waals surface area (Å²) in [5.41, 5.74) is 6.88. The topological polar surface area (TPSA) is 100 Å². The van der Waals surface area contributed by atoms with Crippen molar-refractivity contribution in [3.63, 3.8) is 0 Å². The number of nitriles is 1. The van der Waals surface area contributed by atoms with E-state index in [1.807, 2.05) is 12.1 Å². The molecule has 2 rings (SSSR count). The third kappa shape index (κ3) is 2.38. The maximum atomic E-state index is 11.2. The van der Waals surface area contributed by atoms with Gasteiger partial charge in [-0.25, -0.2) is 9.89 Å². The fourth-order valence-electron chi connectivity index (χ4n) is 1.41. The third-order valence-corrected chi connectivity index (χ3v) is 3.47. The van der Waals surface area contributed by atoms with Crippen LogP contribution in [0.1, 0.15) is 5.56 Å². The maximum absolute atomic E-state index is 11.2. The van der Waals surface area contributed by atoms with E-state index in [-0.39, 0.29) is 12.1 Å². The number of hydrogen-bond donors (Lipinski definition) is 2. The second kappa shape index (κ2) is 4.98. The van der Waals surface area contributed by atoms with E-state index >= 15 is 0 Å². The minimum atomic E-state index is -0.259. The van der Waals surface area contributed by atoms with Crippen LogP contribution in [0.25, 0.3) is 0 Å². The number of H-pyrrole nitrogens is 1. The molecule has 0 aliphatic heterocycles. The zero-order chi connectivity index (χ0) is 13.1. The molecular weight excluding hydrogens is 250 g/mol. The molecule has 0 bridgehead atoms. The summed E-state index contributed by atoms with van der Waals surface area (Å²) in [6.07, 6.45) is 0.264. The van der Waals surface area contributed by atoms with Gasteiger partial charge in [-0.2, -0.15) is 5.26 Å². The highest BCUT2D eigenvalue weighted by atomic mass is 32.2. The largest absolute Gasteiger partial charge is 0.398 e. The Morgan fingerprint density at radius 1 is 1.61 bits per heavy atom. The number of nitrogen functional groups attached to an aromatic ring is 1. The number of anilines is 1. The van der Waals surface area contributed by atoms with Crippen molar-refractivity contribution in [2.75, 3.05) is 5.73 Å². The first-order valence-corrected chi connectivity index (χ1v) is 5.98. The van der Waals surface area contributed by atoms with Crippen molar-refractivity contribution in [2.45, 2.75) is 16.5 Å². The smallest absolute Gasteiger partial charge is 0.343 e. The summed E-state index contributed by atoms with van der Waals surface area (Å²) in [6.45, 7) is 0. The van der Waals surface area contributed by atoms with Gasteiger partial charge in [0.1, 0.15) is 0 Å². The first kappa shape index (κ1) is 12.3. The molecule has 0 saturated heterocycles. The summed E-state index contributed by atoms with van der Waals surface area (Å²) >= 11 is 1.34. The van der Waals surface area contributed by atoms with Crippen LogP contribution in [0, 0.1) is 11.3 Å². The fraction of sp³-hybridized carbons (Fsp3) is 0.182. The van der Waals surface area contributed by atoms with Crippen LogP contribution in [0.5, 0.6) is 0 Å². The Morgan fingerprint density at radius 3 is 3.00 bits per heavy atom. The van der Waals surface area contributed by atoms with Crippen LogP contribution in [0.3, 0.4) is 0 Å². The monoisotopic (exact) mass is 261 g/mol. The number of nitrogens with zero attached hydrogens (tertiary/aromatic N) is 3. The predicted octanol–water partition coefficient (Wildman–Crippen LogP) is 0.908. The van der Waals surface area contributed by atoms with Gasteiger partial charge in [-0.3, -0.25) is 4.57 Å². The lowest BCUT2D eigenvalue weighted by molar-refractivity contribution is 0.766. The van der Waals surface area contributed by atoms with Crippen LogP contribution in [0.4, 0.5) is 5.69 Å². The van der Waals surface area contributed by atoms with E-state index in [1.165, 1.54) is 16.3 Å². The van der Waals surface area contributed by atoms with Gasteiger partial charge in [0.25, 0.3) is 0 Å². The van der Waals surface area contributed by atoms with Crippen molar-refractivity contribution < 1.29 is 0 Å². The maximum Gasteiger partial charge on any atom is 0.343 e. The number of hydrogen-bond acceptors (Lipinski definition) is 5. The minimum Gasteiger partial charge on any atom is -0.398 e. The van der Waals surface area contributed by atoms with Crippen LogP contribution in [-0.4, -0.2) is 14.8 Å². The normalized spacial score (nSPS) is 10.2. The van der Waals surface area contributed by atoms with Crippen LogP contribution in [0.15, 0.2) is 33.0 Å². The molecule has 0 aliphatic rings. The molecule has 0 fully saturated rings. The van der Waals surface area contributed by atoms with Gasteiger partial charge in [-0.15, -0.1) is 5.10 Å². The van der Waals surface area contributed by atoms with Gasteiger partial charge in [0, 0.05) is 17.6 Å². The van der Waals surface area contributed by atoms with Crippen LogP contribution in [-0.2, 0) is 13.5 Å². The Hall–Kier alpha value is -2.20. The molecule has 0 unspecified atom stereocenters. The second-order valence-corrected chi connectivity index (χ2v) is 4.71. The molecule has 0 atom stereocenters. The van der Waals surface area contributed by atoms with Gasteiger partial charge in [0.2, 0.25) is 0 Å². The van der Waals surface area contributed by atoms with E-state index in [0.717, 1.165) is 10.5 Å². The van der Waals surface area contributed by atoms with Crippen molar-refractivity contribution >= 4 is 17.4 Å². The van der Waals surface area contributed by atoms with Gasteiger partial charge in [0.05, 0.1) is 12.5 Å². The molecular formula is C11H11N5OS. The van der Waals surface area contributed by atoms with Gasteiger partial charge in [-0.05, 0) is 35.5 Å². The zero-order valence-electron chi connectivity index (χ0n) is 9.67. The number of aromatic nitrogens is 3. The van der Waals surface area contributed by atoms with Crippen molar-refractivity contribution in [3.05, 3.63) is 34.2 Å². The molecule has 0 amide bonds. The van der Waals surface area contributed by atoms with Crippen LogP contribution in [0.2, 0.25) is 0 Å². The SMILES string of the molecule is Cn1c(Sc2ccc(N)c(CC#N)c2)n[nH]c1=O. The van der Waals surface area contributed by atoms with Gasteiger partial charge < -0.3 is 5.73 Å². The average Bonchev–Trinajstić information content (AvgIpc) is 2.66. The van der Waals surface area contributed by atoms with E-state index in [2.05, 4.69) is 16.3 Å². The highest BCUT2D eigenvalue weighted by molar-refractivity contribution is 7.99. The predicted molar refractivity (Wildman–Crippen MR) is 68.1 cm³/mol. The summed E-state index contributed by atoms with van der Waals surface area (Å²) in [5.74, 6) is 0. The van der Waals surface area contributed by atoms with E-state index in [0.29, 0.717) is 10.8 Å². The van der Waals surface area contributed by atoms with Crippen molar-refractivity contribution in [1.82, 2.24) is 14.8 Å². The summed E-state index contributed by atoms with van der Waals surface area (Å²) < 4.78 is 1.42. The molecule has 0 aliphatic carbocycles. The van der Waals surface area contributed by atoms with Gasteiger partial charge in [0.15, 0.2) is 5.16 Å². The molecule has 0 radical (unpaired) electrons. The number of nitrogens with two attached hydrogens (primary N) is 1. The van der Waals surface area contributed by atoms with Crippen LogP contribution < -0.4 is 11.4 Å². The Kier molecular flexibility index (Phi) is 3.39. The molecule has 1 heterocycles. The average molecular weight is 261 g/mol. The van der Waals surface area contributed by atoms with Crippen molar-refractivity contribution in [1.29, 1.82) is 5.26 Å². The lowest BCUT2D eigenvalue weighted by Crippen LogP contribution is -2.12. The Bertz CT molecular complexity index is 667. The van der Waals surface area contributed by atoms with E-state index in [4.69, 9.17) is 11.0 Å². The van der Waals surface area contributed by atoms with Gasteiger partial charge in [-0.1, -0.05) is 0 Å². The Balaban J connectivity index is 2.30. The molecule has 3 N–H and O–H groups in total. The van der Waals surface area contributed by atoms with E-state index in [9.17, 15) is 4.79 Å². The quantitative estimate of drug-likeness (QED) is 0.800. The molecule has 2 aromatic rings. The van der Waals surface area contributed by atoms with E-state index in [1.54, 1.807) is 13.1 Å².